The van der Waals surface area contributed by atoms with Crippen LogP contribution in [0.1, 0.15) is 95.6 Å². The molecule has 3 heteroatoms. The van der Waals surface area contributed by atoms with Gasteiger partial charge >= 0.3 is 0 Å². The second-order valence-electron chi connectivity index (χ2n) is 9.92. The molecule has 3 fully saturated rings. The number of nitrogens with zero attached hydrogens (tertiary/aromatic N) is 1. The number of carbonyl (C=O) groups is 1. The van der Waals surface area contributed by atoms with Crippen LogP contribution in [0.2, 0.25) is 0 Å². The van der Waals surface area contributed by atoms with Crippen LogP contribution in [0.25, 0.3) is 0 Å². The number of hydrogen-bond acceptors (Lipinski definition) is 2. The molecule has 1 aliphatic heterocycles. The molecule has 1 spiro atoms. The molecule has 5 rings (SSSR count). The van der Waals surface area contributed by atoms with Crippen molar-refractivity contribution in [1.82, 2.24) is 10.2 Å². The Morgan fingerprint density at radius 1 is 0.929 bits per heavy atom. The van der Waals surface area contributed by atoms with E-state index in [2.05, 4.69) is 34.5 Å². The fraction of sp³-hybridized carbons (Fsp3) is 0.720. The van der Waals surface area contributed by atoms with E-state index in [0.29, 0.717) is 17.2 Å². The SMILES string of the molecule is O=C(N[C@H]1CCC2(CCN(C3CCCCCC3)CC2)c2ccccc21)C1CC1.[HH]. The van der Waals surface area contributed by atoms with Crippen LogP contribution in [0.5, 0.6) is 0 Å². The molecule has 1 atom stereocenters. The van der Waals surface area contributed by atoms with E-state index in [1.807, 2.05) is 0 Å². The van der Waals surface area contributed by atoms with Crippen molar-refractivity contribution in [2.75, 3.05) is 13.1 Å². The minimum absolute atomic E-state index is 0. The van der Waals surface area contributed by atoms with Gasteiger partial charge in [0, 0.05) is 13.4 Å². The molecule has 1 N–H and O–H groups in total. The number of likely N-dealkylation sites (tertiary alicyclic amines) is 1. The van der Waals surface area contributed by atoms with Gasteiger partial charge in [0.2, 0.25) is 5.91 Å². The first-order valence-corrected chi connectivity index (χ1v) is 11.9. The molecule has 1 saturated heterocycles. The molecule has 28 heavy (non-hydrogen) atoms. The zero-order chi connectivity index (χ0) is 19.0. The summed E-state index contributed by atoms with van der Waals surface area (Å²) in [5.41, 5.74) is 3.30. The van der Waals surface area contributed by atoms with Gasteiger partial charge in [-0.25, -0.2) is 0 Å². The first-order chi connectivity index (χ1) is 13.8. The second kappa shape index (κ2) is 7.82. The molecule has 1 aromatic rings. The number of benzene rings is 1. The molecule has 1 heterocycles. The van der Waals surface area contributed by atoms with E-state index < -0.39 is 0 Å². The monoisotopic (exact) mass is 382 g/mol. The summed E-state index contributed by atoms with van der Waals surface area (Å²) in [4.78, 5) is 15.2. The van der Waals surface area contributed by atoms with Gasteiger partial charge in [-0.05, 0) is 81.0 Å². The molecule has 1 aromatic carbocycles. The highest BCUT2D eigenvalue weighted by molar-refractivity contribution is 5.81. The van der Waals surface area contributed by atoms with Crippen LogP contribution in [-0.4, -0.2) is 29.9 Å². The van der Waals surface area contributed by atoms with Crippen LogP contribution in [0.4, 0.5) is 0 Å². The van der Waals surface area contributed by atoms with Crippen LogP contribution in [0.15, 0.2) is 24.3 Å². The summed E-state index contributed by atoms with van der Waals surface area (Å²) in [6.07, 6.45) is 15.7. The van der Waals surface area contributed by atoms with Gasteiger partial charge in [-0.15, -0.1) is 0 Å². The Morgan fingerprint density at radius 2 is 1.64 bits per heavy atom. The van der Waals surface area contributed by atoms with Crippen LogP contribution in [0.3, 0.4) is 0 Å². The predicted octanol–water partition coefficient (Wildman–Crippen LogP) is 5.35. The summed E-state index contributed by atoms with van der Waals surface area (Å²) in [5, 5.41) is 3.38. The Hall–Kier alpha value is -1.35. The second-order valence-corrected chi connectivity index (χ2v) is 9.92. The Bertz CT molecular complexity index is 701. The fourth-order valence-corrected chi connectivity index (χ4v) is 6.24. The first-order valence-electron chi connectivity index (χ1n) is 11.9. The fourth-order valence-electron chi connectivity index (χ4n) is 6.24. The van der Waals surface area contributed by atoms with Crippen LogP contribution in [-0.2, 0) is 10.2 Å². The van der Waals surface area contributed by atoms with Gasteiger partial charge in [0.15, 0.2) is 0 Å². The summed E-state index contributed by atoms with van der Waals surface area (Å²) in [6.45, 7) is 2.52. The van der Waals surface area contributed by atoms with Crippen molar-refractivity contribution in [3.63, 3.8) is 0 Å². The minimum atomic E-state index is 0. The standard InChI is InChI=1S/C25H36N2O.H2/c28-24(19-11-12-19)26-23-13-14-25(22-10-6-5-9-21(22)23)15-17-27(18-16-25)20-7-3-1-2-4-8-20;/h5-6,9-10,19-20,23H,1-4,7-8,11-18H2,(H,26,28);1H/t23-;/m0./s1. The number of fused-ring (bicyclic) bond motifs is 2. The molecule has 1 amide bonds. The van der Waals surface area contributed by atoms with E-state index in [9.17, 15) is 4.79 Å². The molecule has 2 saturated carbocycles. The van der Waals surface area contributed by atoms with E-state index in [4.69, 9.17) is 0 Å². The van der Waals surface area contributed by atoms with Crippen molar-refractivity contribution in [2.24, 2.45) is 5.92 Å². The van der Waals surface area contributed by atoms with Crippen molar-refractivity contribution in [3.05, 3.63) is 35.4 Å². The number of carbonyl (C=O) groups excluding carboxylic acids is 1. The van der Waals surface area contributed by atoms with Crippen molar-refractivity contribution < 1.29 is 6.22 Å². The van der Waals surface area contributed by atoms with E-state index in [-0.39, 0.29) is 7.47 Å². The Labute approximate surface area is 171 Å². The summed E-state index contributed by atoms with van der Waals surface area (Å²) < 4.78 is 0. The van der Waals surface area contributed by atoms with Gasteiger partial charge in [-0.3, -0.25) is 4.79 Å². The Morgan fingerprint density at radius 3 is 2.36 bits per heavy atom. The molecule has 154 valence electrons. The lowest BCUT2D eigenvalue weighted by Gasteiger charge is -2.49. The predicted molar refractivity (Wildman–Crippen MR) is 115 cm³/mol. The van der Waals surface area contributed by atoms with E-state index in [1.165, 1.54) is 76.4 Å². The Balaban J connectivity index is 0.00000205. The quantitative estimate of drug-likeness (QED) is 0.715. The number of rotatable bonds is 3. The van der Waals surface area contributed by atoms with Crippen LogP contribution in [0, 0.1) is 5.92 Å². The maximum absolute atomic E-state index is 12.4. The lowest BCUT2D eigenvalue weighted by molar-refractivity contribution is -0.123. The molecular formula is C25H38N2O. The van der Waals surface area contributed by atoms with Crippen LogP contribution >= 0.6 is 0 Å². The first kappa shape index (κ1) is 18.7. The average Bonchev–Trinajstić information content (AvgIpc) is 3.58. The highest BCUT2D eigenvalue weighted by Crippen LogP contribution is 2.48. The van der Waals surface area contributed by atoms with Crippen molar-refractivity contribution >= 4 is 5.91 Å². The van der Waals surface area contributed by atoms with E-state index in [0.717, 1.165) is 25.3 Å². The zero-order valence-electron chi connectivity index (χ0n) is 17.3. The van der Waals surface area contributed by atoms with Gasteiger partial charge in [-0.2, -0.15) is 0 Å². The third kappa shape index (κ3) is 3.63. The maximum Gasteiger partial charge on any atom is 0.223 e. The summed E-state index contributed by atoms with van der Waals surface area (Å²) in [6, 6.07) is 10.1. The van der Waals surface area contributed by atoms with E-state index >= 15 is 0 Å². The number of amides is 1. The van der Waals surface area contributed by atoms with Gasteiger partial charge in [0.1, 0.15) is 0 Å². The van der Waals surface area contributed by atoms with Crippen molar-refractivity contribution in [2.45, 2.75) is 94.5 Å². The number of piperidine rings is 1. The molecule has 0 aromatic heterocycles. The van der Waals surface area contributed by atoms with Crippen molar-refractivity contribution in [1.29, 1.82) is 0 Å². The molecule has 0 radical (unpaired) electrons. The minimum Gasteiger partial charge on any atom is -0.349 e. The third-order valence-electron chi connectivity index (χ3n) is 8.18. The van der Waals surface area contributed by atoms with Gasteiger partial charge in [0.05, 0.1) is 6.04 Å². The Kier molecular flexibility index (Phi) is 5.21. The maximum atomic E-state index is 12.4. The molecule has 0 unspecified atom stereocenters. The largest absolute Gasteiger partial charge is 0.349 e. The molecule has 3 aliphatic carbocycles. The summed E-state index contributed by atoms with van der Waals surface area (Å²) in [7, 11) is 0. The molecular weight excluding hydrogens is 344 g/mol. The lowest BCUT2D eigenvalue weighted by atomic mass is 9.63. The number of nitrogens with one attached hydrogen (secondary N) is 1. The summed E-state index contributed by atoms with van der Waals surface area (Å²) in [5.74, 6) is 0.588. The van der Waals surface area contributed by atoms with E-state index in [1.54, 1.807) is 5.56 Å². The van der Waals surface area contributed by atoms with Gasteiger partial charge in [0.25, 0.3) is 0 Å². The summed E-state index contributed by atoms with van der Waals surface area (Å²) >= 11 is 0. The zero-order valence-corrected chi connectivity index (χ0v) is 17.3. The van der Waals surface area contributed by atoms with Crippen molar-refractivity contribution in [3.8, 4) is 0 Å². The van der Waals surface area contributed by atoms with Gasteiger partial charge < -0.3 is 10.2 Å². The molecule has 4 aliphatic rings. The smallest absolute Gasteiger partial charge is 0.223 e. The molecule has 0 bridgehead atoms. The molecule has 3 nitrogen and oxygen atoms in total. The third-order valence-corrected chi connectivity index (χ3v) is 8.18. The topological polar surface area (TPSA) is 32.3 Å². The van der Waals surface area contributed by atoms with Crippen LogP contribution < -0.4 is 5.32 Å². The lowest BCUT2D eigenvalue weighted by Crippen LogP contribution is -2.49. The number of hydrogen-bond donors (Lipinski definition) is 1. The van der Waals surface area contributed by atoms with Gasteiger partial charge in [-0.1, -0.05) is 49.9 Å². The highest BCUT2D eigenvalue weighted by atomic mass is 16.2. The normalized spacial score (nSPS) is 28.5. The highest BCUT2D eigenvalue weighted by Gasteiger charge is 2.43. The average molecular weight is 383 g/mol.